The van der Waals surface area contributed by atoms with Crippen LogP contribution < -0.4 is 9.47 Å². The fraction of sp³-hybridized carbons (Fsp3) is 0.312. The van der Waals surface area contributed by atoms with E-state index in [1.807, 2.05) is 27.1 Å². The minimum atomic E-state index is -0.504. The van der Waals surface area contributed by atoms with Gasteiger partial charge in [0.2, 0.25) is 11.5 Å². The minimum Gasteiger partial charge on any atom is -0.458 e. The van der Waals surface area contributed by atoms with E-state index in [1.165, 1.54) is 12.5 Å². The van der Waals surface area contributed by atoms with Crippen LogP contribution in [-0.2, 0) is 4.74 Å². The Morgan fingerprint density at radius 2 is 1.95 bits per heavy atom. The molecule has 6 nitrogen and oxygen atoms in total. The minimum absolute atomic E-state index is 0.176. The van der Waals surface area contributed by atoms with E-state index in [4.69, 9.17) is 18.6 Å². The van der Waals surface area contributed by atoms with Gasteiger partial charge in [-0.3, -0.25) is 4.90 Å². The molecule has 0 saturated heterocycles. The second kappa shape index (κ2) is 5.38. The predicted octanol–water partition coefficient (Wildman–Crippen LogP) is 3.05. The average molecular weight is 303 g/mol. The van der Waals surface area contributed by atoms with Crippen molar-refractivity contribution >= 4 is 16.9 Å². The van der Waals surface area contributed by atoms with Crippen LogP contribution in [0.25, 0.3) is 11.0 Å². The zero-order chi connectivity index (χ0) is 15.9. The van der Waals surface area contributed by atoms with Crippen molar-refractivity contribution in [2.24, 2.45) is 0 Å². The standard InChI is InChI=1S/C16H17NO5/c1-9-11-5-6-12-15(20-8-7-19-12)14(11)22-13(9)16(18)21-10(2)17(3)4/h5-8,10H,1-4H3. The van der Waals surface area contributed by atoms with Crippen molar-refractivity contribution in [3.63, 3.8) is 0 Å². The topological polar surface area (TPSA) is 61.1 Å². The molecule has 0 saturated carbocycles. The van der Waals surface area contributed by atoms with Gasteiger partial charge < -0.3 is 18.6 Å². The fourth-order valence-electron chi connectivity index (χ4n) is 2.15. The van der Waals surface area contributed by atoms with E-state index >= 15 is 0 Å². The first-order valence-corrected chi connectivity index (χ1v) is 6.91. The first kappa shape index (κ1) is 14.5. The van der Waals surface area contributed by atoms with E-state index < -0.39 is 5.97 Å². The van der Waals surface area contributed by atoms with Gasteiger partial charge in [0.15, 0.2) is 17.6 Å². The second-order valence-corrected chi connectivity index (χ2v) is 5.30. The van der Waals surface area contributed by atoms with Gasteiger partial charge in [0, 0.05) is 10.9 Å². The number of ether oxygens (including phenoxy) is 3. The van der Waals surface area contributed by atoms with Crippen molar-refractivity contribution in [1.82, 2.24) is 4.90 Å². The molecule has 1 aromatic carbocycles. The maximum absolute atomic E-state index is 12.3. The Labute approximate surface area is 127 Å². The van der Waals surface area contributed by atoms with Crippen LogP contribution in [0.3, 0.4) is 0 Å². The molecule has 0 spiro atoms. The third-order valence-corrected chi connectivity index (χ3v) is 3.65. The number of benzene rings is 1. The molecule has 0 N–H and O–H groups in total. The number of aryl methyl sites for hydroxylation is 1. The summed E-state index contributed by atoms with van der Waals surface area (Å²) in [5.41, 5.74) is 1.19. The van der Waals surface area contributed by atoms with Gasteiger partial charge in [-0.15, -0.1) is 0 Å². The molecule has 1 aliphatic heterocycles. The maximum Gasteiger partial charge on any atom is 0.376 e. The summed E-state index contributed by atoms with van der Waals surface area (Å²) in [7, 11) is 3.66. The summed E-state index contributed by atoms with van der Waals surface area (Å²) in [5, 5.41) is 0.794. The molecule has 1 aliphatic rings. The molecular formula is C16H17NO5. The number of carbonyl (C=O) groups excluding carboxylic acids is 1. The van der Waals surface area contributed by atoms with Crippen LogP contribution in [0, 0.1) is 6.92 Å². The average Bonchev–Trinajstić information content (AvgIpc) is 2.85. The number of esters is 1. The van der Waals surface area contributed by atoms with E-state index in [0.29, 0.717) is 22.6 Å². The zero-order valence-electron chi connectivity index (χ0n) is 12.9. The van der Waals surface area contributed by atoms with Crippen LogP contribution in [0.1, 0.15) is 23.0 Å². The van der Waals surface area contributed by atoms with E-state index in [0.717, 1.165) is 5.39 Å². The van der Waals surface area contributed by atoms with Crippen LogP contribution in [-0.4, -0.2) is 31.2 Å². The highest BCUT2D eigenvalue weighted by atomic mass is 16.6. The highest BCUT2D eigenvalue weighted by molar-refractivity contribution is 5.98. The Balaban J connectivity index is 2.02. The Morgan fingerprint density at radius 3 is 2.68 bits per heavy atom. The summed E-state index contributed by atoms with van der Waals surface area (Å²) in [4.78, 5) is 14.1. The van der Waals surface area contributed by atoms with Gasteiger partial charge in [-0.1, -0.05) is 0 Å². The molecule has 1 unspecified atom stereocenters. The molecule has 6 heteroatoms. The third-order valence-electron chi connectivity index (χ3n) is 3.65. The van der Waals surface area contributed by atoms with Crippen LogP contribution >= 0.6 is 0 Å². The first-order chi connectivity index (χ1) is 10.5. The van der Waals surface area contributed by atoms with Crippen molar-refractivity contribution in [3.05, 3.63) is 36.0 Å². The number of nitrogens with zero attached hydrogens (tertiary/aromatic N) is 1. The maximum atomic E-state index is 12.3. The van der Waals surface area contributed by atoms with Gasteiger partial charge in [0.25, 0.3) is 0 Å². The Bertz CT molecular complexity index is 759. The number of furan rings is 1. The normalized spacial score (nSPS) is 14.4. The summed E-state index contributed by atoms with van der Waals surface area (Å²) in [6.07, 6.45) is 2.51. The smallest absolute Gasteiger partial charge is 0.376 e. The summed E-state index contributed by atoms with van der Waals surface area (Å²) in [5.74, 6) is 0.680. The van der Waals surface area contributed by atoms with Gasteiger partial charge in [0.05, 0.1) is 0 Å². The number of hydrogen-bond donors (Lipinski definition) is 0. The van der Waals surface area contributed by atoms with Gasteiger partial charge in [-0.25, -0.2) is 4.79 Å². The van der Waals surface area contributed by atoms with Crippen molar-refractivity contribution in [3.8, 4) is 11.5 Å². The van der Waals surface area contributed by atoms with Gasteiger partial charge in [-0.2, -0.15) is 0 Å². The lowest BCUT2D eigenvalue weighted by atomic mass is 10.1. The Kier molecular flexibility index (Phi) is 3.54. The van der Waals surface area contributed by atoms with Crippen molar-refractivity contribution in [2.75, 3.05) is 14.1 Å². The molecule has 22 heavy (non-hydrogen) atoms. The monoisotopic (exact) mass is 303 g/mol. The van der Waals surface area contributed by atoms with E-state index in [-0.39, 0.29) is 12.0 Å². The van der Waals surface area contributed by atoms with Gasteiger partial charge in [-0.05, 0) is 40.1 Å². The van der Waals surface area contributed by atoms with Crippen LogP contribution in [0.5, 0.6) is 11.5 Å². The quantitative estimate of drug-likeness (QED) is 0.641. The van der Waals surface area contributed by atoms with Gasteiger partial charge in [0.1, 0.15) is 12.5 Å². The Morgan fingerprint density at radius 1 is 1.23 bits per heavy atom. The molecule has 2 heterocycles. The highest BCUT2D eigenvalue weighted by Gasteiger charge is 2.25. The summed E-state index contributed by atoms with van der Waals surface area (Å²) >= 11 is 0. The molecular weight excluding hydrogens is 286 g/mol. The van der Waals surface area contributed by atoms with Crippen LogP contribution in [0.4, 0.5) is 0 Å². The fourth-order valence-corrected chi connectivity index (χ4v) is 2.15. The van der Waals surface area contributed by atoms with Gasteiger partial charge >= 0.3 is 5.97 Å². The molecule has 1 aromatic heterocycles. The molecule has 3 rings (SSSR count). The molecule has 116 valence electrons. The summed E-state index contributed by atoms with van der Waals surface area (Å²) in [6, 6.07) is 3.61. The second-order valence-electron chi connectivity index (χ2n) is 5.30. The van der Waals surface area contributed by atoms with Crippen molar-refractivity contribution < 1.29 is 23.4 Å². The SMILES string of the molecule is Cc1c(C(=O)OC(C)N(C)C)oc2c3c(ccc12)OC=CO3. The molecule has 0 amide bonds. The summed E-state index contributed by atoms with van der Waals surface area (Å²) in [6.45, 7) is 3.61. The van der Waals surface area contributed by atoms with E-state index in [2.05, 4.69) is 0 Å². The number of fused-ring (bicyclic) bond motifs is 3. The van der Waals surface area contributed by atoms with E-state index in [1.54, 1.807) is 17.9 Å². The number of hydrogen-bond acceptors (Lipinski definition) is 6. The molecule has 0 bridgehead atoms. The van der Waals surface area contributed by atoms with Crippen molar-refractivity contribution in [1.29, 1.82) is 0 Å². The molecule has 0 radical (unpaired) electrons. The first-order valence-electron chi connectivity index (χ1n) is 6.91. The molecule has 0 aliphatic carbocycles. The van der Waals surface area contributed by atoms with Crippen molar-refractivity contribution in [2.45, 2.75) is 20.1 Å². The molecule has 0 fully saturated rings. The third kappa shape index (κ3) is 2.31. The van der Waals surface area contributed by atoms with E-state index in [9.17, 15) is 4.79 Å². The van der Waals surface area contributed by atoms with Crippen LogP contribution in [0.2, 0.25) is 0 Å². The lowest BCUT2D eigenvalue weighted by Gasteiger charge is -2.19. The Hall–Kier alpha value is -2.47. The van der Waals surface area contributed by atoms with Crippen LogP contribution in [0.15, 0.2) is 29.1 Å². The lowest BCUT2D eigenvalue weighted by molar-refractivity contribution is -0.00827. The summed E-state index contributed by atoms with van der Waals surface area (Å²) < 4.78 is 21.9. The molecule has 2 aromatic rings. The largest absolute Gasteiger partial charge is 0.458 e. The highest BCUT2D eigenvalue weighted by Crippen LogP contribution is 2.41. The zero-order valence-corrected chi connectivity index (χ0v) is 12.9. The molecule has 1 atom stereocenters. The number of carbonyl (C=O) groups is 1. The lowest BCUT2D eigenvalue weighted by Crippen LogP contribution is -2.30. The number of rotatable bonds is 3. The predicted molar refractivity (Wildman–Crippen MR) is 79.9 cm³/mol.